The largest absolute Gasteiger partial charge is 0.498 e. The summed E-state index contributed by atoms with van der Waals surface area (Å²) in [6.45, 7) is 11.0. The maximum Gasteiger partial charge on any atom is 0.195 e. The predicted molar refractivity (Wildman–Crippen MR) is 110 cm³/mol. The minimum atomic E-state index is -0.890. The van der Waals surface area contributed by atoms with Gasteiger partial charge in [0.2, 0.25) is 0 Å². The monoisotopic (exact) mass is 402 g/mol. The highest BCUT2D eigenvalue weighted by Gasteiger charge is 2.23. The Morgan fingerprint density at radius 1 is 1.11 bits per heavy atom. The van der Waals surface area contributed by atoms with Gasteiger partial charge in [-0.1, -0.05) is 34.1 Å². The molecule has 0 radical (unpaired) electrons. The molecule has 0 amide bonds. The highest BCUT2D eigenvalue weighted by molar-refractivity contribution is 5.28. The van der Waals surface area contributed by atoms with Crippen molar-refractivity contribution in [2.45, 2.75) is 85.9 Å². The van der Waals surface area contributed by atoms with E-state index in [1.165, 1.54) is 33.3 Å². The highest BCUT2D eigenvalue weighted by atomic mass is 19.2. The van der Waals surface area contributed by atoms with E-state index in [0.717, 1.165) is 25.9 Å². The van der Waals surface area contributed by atoms with Gasteiger partial charge < -0.3 is 14.2 Å². The molecular weight excluding hydrogens is 362 g/mol. The van der Waals surface area contributed by atoms with E-state index in [1.54, 1.807) is 0 Å². The van der Waals surface area contributed by atoms with E-state index in [0.29, 0.717) is 30.4 Å². The van der Waals surface area contributed by atoms with Gasteiger partial charge in [-0.25, -0.2) is 8.78 Å². The second kappa shape index (κ2) is 13.3. The topological polar surface area (TPSA) is 27.7 Å². The fraction of sp³-hybridized carbons (Fsp3) is 0.826. The van der Waals surface area contributed by atoms with E-state index in [1.807, 2.05) is 13.8 Å². The Morgan fingerprint density at radius 3 is 2.36 bits per heavy atom. The van der Waals surface area contributed by atoms with Crippen LogP contribution in [0, 0.1) is 17.8 Å². The third-order valence-corrected chi connectivity index (χ3v) is 5.75. The van der Waals surface area contributed by atoms with Crippen molar-refractivity contribution in [3.8, 4) is 0 Å². The molecule has 0 aromatic carbocycles. The first kappa shape index (κ1) is 25.1. The van der Waals surface area contributed by atoms with E-state index in [4.69, 9.17) is 14.2 Å². The molecule has 4 atom stereocenters. The van der Waals surface area contributed by atoms with Gasteiger partial charge in [-0.3, -0.25) is 0 Å². The molecule has 5 heteroatoms. The Bertz CT molecular complexity index is 508. The lowest BCUT2D eigenvalue weighted by atomic mass is 9.90. The molecule has 0 saturated carbocycles. The van der Waals surface area contributed by atoms with E-state index in [2.05, 4.69) is 13.8 Å². The van der Waals surface area contributed by atoms with E-state index < -0.39 is 11.7 Å². The van der Waals surface area contributed by atoms with E-state index in [9.17, 15) is 8.78 Å². The summed E-state index contributed by atoms with van der Waals surface area (Å²) in [6.07, 6.45) is 6.66. The Labute approximate surface area is 170 Å². The van der Waals surface area contributed by atoms with Gasteiger partial charge in [0, 0.05) is 0 Å². The van der Waals surface area contributed by atoms with Gasteiger partial charge in [0.05, 0.1) is 20.3 Å². The molecular formula is C23H40F2O3. The minimum Gasteiger partial charge on any atom is -0.498 e. The molecule has 1 saturated heterocycles. The number of hydrogen-bond donors (Lipinski definition) is 0. The first-order valence-electron chi connectivity index (χ1n) is 10.9. The van der Waals surface area contributed by atoms with Crippen LogP contribution in [0.4, 0.5) is 8.78 Å². The predicted octanol–water partition coefficient (Wildman–Crippen LogP) is 7.09. The fourth-order valence-electron chi connectivity index (χ4n) is 3.72. The molecule has 1 fully saturated rings. The molecule has 0 aromatic heterocycles. The SMILES string of the molecule is CCCC1CCC(OCC(C)CCC(C)/C(CC)=C(F)/C(F)=C(\C)OC)OC1. The summed E-state index contributed by atoms with van der Waals surface area (Å²) in [6, 6.07) is 0. The van der Waals surface area contributed by atoms with Crippen molar-refractivity contribution < 1.29 is 23.0 Å². The zero-order valence-electron chi connectivity index (χ0n) is 18.7. The normalized spacial score (nSPS) is 24.3. The van der Waals surface area contributed by atoms with Gasteiger partial charge in [0.15, 0.2) is 17.9 Å². The van der Waals surface area contributed by atoms with Crippen LogP contribution < -0.4 is 0 Å². The molecule has 4 unspecified atom stereocenters. The van der Waals surface area contributed by atoms with Gasteiger partial charge in [-0.15, -0.1) is 0 Å². The molecule has 0 bridgehead atoms. The van der Waals surface area contributed by atoms with Crippen molar-refractivity contribution in [2.75, 3.05) is 20.3 Å². The number of halogens is 2. The zero-order chi connectivity index (χ0) is 21.1. The Kier molecular flexibility index (Phi) is 11.9. The average molecular weight is 403 g/mol. The van der Waals surface area contributed by atoms with Crippen LogP contribution in [-0.2, 0) is 14.2 Å². The van der Waals surface area contributed by atoms with Crippen molar-refractivity contribution >= 4 is 0 Å². The second-order valence-electron chi connectivity index (χ2n) is 8.18. The van der Waals surface area contributed by atoms with Gasteiger partial charge in [-0.05, 0) is 68.8 Å². The Hall–Kier alpha value is -0.940. The quantitative estimate of drug-likeness (QED) is 0.258. The number of ether oxygens (including phenoxy) is 3. The number of hydrogen-bond acceptors (Lipinski definition) is 3. The van der Waals surface area contributed by atoms with Crippen molar-refractivity contribution in [3.63, 3.8) is 0 Å². The molecule has 1 aliphatic rings. The molecule has 0 aliphatic carbocycles. The fourth-order valence-corrected chi connectivity index (χ4v) is 3.72. The minimum absolute atomic E-state index is 0.0222. The van der Waals surface area contributed by atoms with Crippen LogP contribution in [-0.4, -0.2) is 26.6 Å². The van der Waals surface area contributed by atoms with Crippen molar-refractivity contribution in [1.82, 2.24) is 0 Å². The summed E-state index contributed by atoms with van der Waals surface area (Å²) in [4.78, 5) is 0. The molecule has 0 N–H and O–H groups in total. The average Bonchev–Trinajstić information content (AvgIpc) is 2.71. The van der Waals surface area contributed by atoms with Crippen LogP contribution in [0.5, 0.6) is 0 Å². The molecule has 3 nitrogen and oxygen atoms in total. The smallest absolute Gasteiger partial charge is 0.195 e. The Balaban J connectivity index is 2.43. The summed E-state index contributed by atoms with van der Waals surface area (Å²) >= 11 is 0. The first-order valence-corrected chi connectivity index (χ1v) is 10.9. The third-order valence-electron chi connectivity index (χ3n) is 5.75. The van der Waals surface area contributed by atoms with Gasteiger partial charge >= 0.3 is 0 Å². The Morgan fingerprint density at radius 2 is 1.82 bits per heavy atom. The van der Waals surface area contributed by atoms with Gasteiger partial charge in [-0.2, -0.15) is 0 Å². The molecule has 0 aromatic rings. The summed E-state index contributed by atoms with van der Waals surface area (Å²) < 4.78 is 45.1. The summed E-state index contributed by atoms with van der Waals surface area (Å²) in [7, 11) is 1.35. The van der Waals surface area contributed by atoms with Gasteiger partial charge in [0.1, 0.15) is 5.76 Å². The maximum absolute atomic E-state index is 14.5. The highest BCUT2D eigenvalue weighted by Crippen LogP contribution is 2.31. The number of rotatable bonds is 12. The first-order chi connectivity index (χ1) is 13.3. The van der Waals surface area contributed by atoms with Crippen LogP contribution in [0.2, 0.25) is 0 Å². The number of allylic oxidation sites excluding steroid dienone is 4. The van der Waals surface area contributed by atoms with Crippen molar-refractivity contribution in [2.24, 2.45) is 17.8 Å². The van der Waals surface area contributed by atoms with Crippen LogP contribution in [0.3, 0.4) is 0 Å². The van der Waals surface area contributed by atoms with Crippen LogP contribution in [0.15, 0.2) is 23.0 Å². The third kappa shape index (κ3) is 8.20. The second-order valence-corrected chi connectivity index (χ2v) is 8.18. The summed E-state index contributed by atoms with van der Waals surface area (Å²) in [5.41, 5.74) is 0.514. The molecule has 164 valence electrons. The maximum atomic E-state index is 14.5. The summed E-state index contributed by atoms with van der Waals surface area (Å²) in [5, 5.41) is 0. The van der Waals surface area contributed by atoms with Crippen molar-refractivity contribution in [1.29, 1.82) is 0 Å². The standard InChI is InChI=1S/C23H40F2O3/c1-7-9-19-12-13-21(28-15-19)27-14-16(3)10-11-17(4)20(8-2)23(25)22(24)18(5)26-6/h16-17,19,21H,7-15H2,1-6H3/b22-18-,23-20-. The summed E-state index contributed by atoms with van der Waals surface area (Å²) in [5.74, 6) is -0.682. The van der Waals surface area contributed by atoms with E-state index in [-0.39, 0.29) is 18.0 Å². The lowest BCUT2D eigenvalue weighted by Gasteiger charge is -2.29. The van der Waals surface area contributed by atoms with E-state index >= 15 is 0 Å². The molecule has 1 aliphatic heterocycles. The molecule has 1 rings (SSSR count). The number of methoxy groups -OCH3 is 1. The molecule has 1 heterocycles. The molecule has 0 spiro atoms. The zero-order valence-corrected chi connectivity index (χ0v) is 18.7. The van der Waals surface area contributed by atoms with Crippen molar-refractivity contribution in [3.05, 3.63) is 23.0 Å². The van der Waals surface area contributed by atoms with Crippen LogP contribution >= 0.6 is 0 Å². The lowest BCUT2D eigenvalue weighted by Crippen LogP contribution is -2.29. The lowest BCUT2D eigenvalue weighted by molar-refractivity contribution is -0.181. The van der Waals surface area contributed by atoms with Crippen LogP contribution in [0.25, 0.3) is 0 Å². The van der Waals surface area contributed by atoms with Gasteiger partial charge in [0.25, 0.3) is 0 Å². The van der Waals surface area contributed by atoms with Crippen LogP contribution in [0.1, 0.15) is 79.6 Å². The molecule has 28 heavy (non-hydrogen) atoms.